The van der Waals surface area contributed by atoms with E-state index < -0.39 is 16.6 Å². The number of thiol groups is 1. The van der Waals surface area contributed by atoms with E-state index in [2.05, 4.69) is 4.36 Å². The van der Waals surface area contributed by atoms with E-state index in [1.54, 1.807) is 17.0 Å². The maximum absolute atomic E-state index is 12.0. The molecular weight excluding hydrogens is 292 g/mol. The van der Waals surface area contributed by atoms with Crippen molar-refractivity contribution in [2.24, 2.45) is 4.36 Å². The molecule has 0 saturated carbocycles. The molecule has 0 spiro atoms. The van der Waals surface area contributed by atoms with Crippen LogP contribution in [0.4, 0.5) is 4.79 Å². The predicted molar refractivity (Wildman–Crippen MR) is 77.1 cm³/mol. The van der Waals surface area contributed by atoms with Crippen LogP contribution in [0, 0.1) is 0 Å². The van der Waals surface area contributed by atoms with E-state index in [0.717, 1.165) is 0 Å². The number of urea groups is 1. The van der Waals surface area contributed by atoms with Crippen molar-refractivity contribution in [3.05, 3.63) is 16.5 Å². The van der Waals surface area contributed by atoms with E-state index >= 15 is 0 Å². The third-order valence-electron chi connectivity index (χ3n) is 2.26. The summed E-state index contributed by atoms with van der Waals surface area (Å²) in [4.78, 5) is 13.6. The van der Waals surface area contributed by atoms with Crippen molar-refractivity contribution < 1.29 is 9.00 Å². The van der Waals surface area contributed by atoms with Crippen molar-refractivity contribution in [3.63, 3.8) is 0 Å². The van der Waals surface area contributed by atoms with Gasteiger partial charge in [-0.2, -0.15) is 0 Å². The molecule has 1 atom stereocenters. The fraction of sp³-hybridized carbons (Fsp3) is 0.545. The number of thiophene rings is 1. The number of nitrogens with zero attached hydrogens (tertiary/aromatic N) is 2. The van der Waals surface area contributed by atoms with Gasteiger partial charge in [0.2, 0.25) is 0 Å². The molecule has 1 heterocycles. The van der Waals surface area contributed by atoms with Gasteiger partial charge < -0.3 is 4.90 Å². The molecule has 0 radical (unpaired) electrons. The monoisotopic (exact) mass is 308 g/mol. The van der Waals surface area contributed by atoms with Gasteiger partial charge in [-0.25, -0.2) is 9.00 Å². The van der Waals surface area contributed by atoms with Crippen LogP contribution in [0.3, 0.4) is 0 Å². The minimum absolute atomic E-state index is 0.0246. The SMILES string of the molecule is CC(C)N(C(=O)/N=[SH](=O)/c1ccc(Cl)s1)C(C)C. The second kappa shape index (κ2) is 6.54. The molecule has 0 aliphatic rings. The molecule has 4 nitrogen and oxygen atoms in total. The van der Waals surface area contributed by atoms with Crippen LogP contribution in [0.15, 0.2) is 20.7 Å². The van der Waals surface area contributed by atoms with Crippen LogP contribution in [-0.4, -0.2) is 27.2 Å². The molecule has 0 saturated heterocycles. The van der Waals surface area contributed by atoms with Gasteiger partial charge in [0.25, 0.3) is 0 Å². The Morgan fingerprint density at radius 2 is 1.89 bits per heavy atom. The molecule has 1 unspecified atom stereocenters. The first kappa shape index (κ1) is 15.5. The second-order valence-electron chi connectivity index (χ2n) is 4.33. The Morgan fingerprint density at radius 1 is 1.33 bits per heavy atom. The lowest BCUT2D eigenvalue weighted by Gasteiger charge is -2.28. The van der Waals surface area contributed by atoms with Gasteiger partial charge in [0, 0.05) is 12.1 Å². The van der Waals surface area contributed by atoms with Crippen molar-refractivity contribution in [2.45, 2.75) is 44.0 Å². The highest BCUT2D eigenvalue weighted by Crippen LogP contribution is 2.23. The van der Waals surface area contributed by atoms with E-state index in [1.807, 2.05) is 27.7 Å². The summed E-state index contributed by atoms with van der Waals surface area (Å²) in [6.07, 6.45) is 0. The molecule has 0 aliphatic heterocycles. The average molecular weight is 309 g/mol. The van der Waals surface area contributed by atoms with Crippen molar-refractivity contribution in [1.29, 1.82) is 0 Å². The maximum atomic E-state index is 12.0. The molecule has 0 aromatic carbocycles. The van der Waals surface area contributed by atoms with E-state index in [4.69, 9.17) is 11.6 Å². The maximum Gasteiger partial charge on any atom is 0.352 e. The third kappa shape index (κ3) is 3.96. The molecule has 102 valence electrons. The largest absolute Gasteiger partial charge is 0.352 e. The molecule has 18 heavy (non-hydrogen) atoms. The van der Waals surface area contributed by atoms with E-state index in [0.29, 0.717) is 8.55 Å². The lowest BCUT2D eigenvalue weighted by molar-refractivity contribution is 0.175. The van der Waals surface area contributed by atoms with Gasteiger partial charge in [0.05, 0.1) is 19.1 Å². The van der Waals surface area contributed by atoms with Crippen LogP contribution >= 0.6 is 22.9 Å². The Bertz CT molecular complexity index is 497. The summed E-state index contributed by atoms with van der Waals surface area (Å²) in [5.41, 5.74) is 0. The number of carbonyl (C=O) groups is 1. The minimum Gasteiger partial charge on any atom is -0.318 e. The fourth-order valence-corrected chi connectivity index (χ4v) is 3.86. The van der Waals surface area contributed by atoms with Gasteiger partial charge in [-0.15, -0.1) is 15.7 Å². The standard InChI is InChI=1S/C11H17ClN2O2S2/c1-7(2)14(8(3)4)11(15)13-18(16)10-6-5-9(12)17-10/h5-8,18H,1-4H3. The van der Waals surface area contributed by atoms with Crippen LogP contribution in [0.1, 0.15) is 27.7 Å². The number of hydrogen-bond acceptors (Lipinski definition) is 3. The molecule has 1 aromatic rings. The summed E-state index contributed by atoms with van der Waals surface area (Å²) in [6, 6.07) is 2.90. The Balaban J connectivity index is 2.95. The van der Waals surface area contributed by atoms with Gasteiger partial charge in [-0.1, -0.05) is 11.6 Å². The molecule has 2 amide bonds. The van der Waals surface area contributed by atoms with Crippen LogP contribution < -0.4 is 0 Å². The first-order valence-corrected chi connectivity index (χ1v) is 8.00. The first-order valence-electron chi connectivity index (χ1n) is 5.59. The highest BCUT2D eigenvalue weighted by Gasteiger charge is 2.19. The van der Waals surface area contributed by atoms with E-state index in [9.17, 15) is 9.00 Å². The number of halogens is 1. The highest BCUT2D eigenvalue weighted by molar-refractivity contribution is 7.78. The van der Waals surface area contributed by atoms with Crippen molar-refractivity contribution in [2.75, 3.05) is 0 Å². The Morgan fingerprint density at radius 3 is 2.28 bits per heavy atom. The molecule has 0 bridgehead atoms. The summed E-state index contributed by atoms with van der Waals surface area (Å²) >= 11 is 6.94. The molecule has 1 aromatic heterocycles. The van der Waals surface area contributed by atoms with Crippen molar-refractivity contribution in [1.82, 2.24) is 4.90 Å². The summed E-state index contributed by atoms with van der Waals surface area (Å²) in [5, 5.41) is 0. The average Bonchev–Trinajstić information content (AvgIpc) is 2.63. The van der Waals surface area contributed by atoms with Gasteiger partial charge in [-0.3, -0.25) is 0 Å². The lowest BCUT2D eigenvalue weighted by Crippen LogP contribution is -2.40. The van der Waals surface area contributed by atoms with Crippen LogP contribution in [0.25, 0.3) is 0 Å². The summed E-state index contributed by atoms with van der Waals surface area (Å²) in [5.74, 6) is 0. The summed E-state index contributed by atoms with van der Waals surface area (Å²) < 4.78 is 16.7. The number of hydrogen-bond donors (Lipinski definition) is 1. The van der Waals surface area contributed by atoms with Gasteiger partial charge in [0.1, 0.15) is 0 Å². The smallest absolute Gasteiger partial charge is 0.318 e. The molecule has 0 aliphatic carbocycles. The zero-order valence-electron chi connectivity index (χ0n) is 10.8. The molecule has 0 fully saturated rings. The van der Waals surface area contributed by atoms with Crippen LogP contribution in [0.5, 0.6) is 0 Å². The van der Waals surface area contributed by atoms with E-state index in [1.165, 1.54) is 11.3 Å². The van der Waals surface area contributed by atoms with E-state index in [-0.39, 0.29) is 12.1 Å². The molecular formula is C11H17ClN2O2S2. The zero-order chi connectivity index (χ0) is 13.9. The van der Waals surface area contributed by atoms with Gasteiger partial charge >= 0.3 is 6.03 Å². The number of amides is 2. The first-order chi connectivity index (χ1) is 8.32. The zero-order valence-corrected chi connectivity index (χ0v) is 13.2. The Hall–Kier alpha value is -0.590. The third-order valence-corrected chi connectivity index (χ3v) is 4.91. The Labute approximate surface area is 118 Å². The highest BCUT2D eigenvalue weighted by atomic mass is 35.5. The Kier molecular flexibility index (Phi) is 5.62. The van der Waals surface area contributed by atoms with Crippen LogP contribution in [0.2, 0.25) is 4.34 Å². The predicted octanol–water partition coefficient (Wildman–Crippen LogP) is 3.66. The topological polar surface area (TPSA) is 49.7 Å². The van der Waals surface area contributed by atoms with Gasteiger partial charge in [0.15, 0.2) is 0 Å². The minimum atomic E-state index is -2.06. The molecule has 1 rings (SSSR count). The summed E-state index contributed by atoms with van der Waals surface area (Å²) in [7, 11) is -2.06. The second-order valence-corrected chi connectivity index (χ2v) is 7.57. The van der Waals surface area contributed by atoms with Crippen LogP contribution in [-0.2, 0) is 10.6 Å². The van der Waals surface area contributed by atoms with Crippen molar-refractivity contribution >= 4 is 39.6 Å². The quantitative estimate of drug-likeness (QED) is 0.866. The lowest BCUT2D eigenvalue weighted by atomic mass is 10.2. The number of rotatable bonds is 3. The normalized spacial score (nSPS) is 13.3. The molecule has 7 heteroatoms. The number of carbonyl (C=O) groups excluding carboxylic acids is 1. The summed E-state index contributed by atoms with van der Waals surface area (Å²) in [6.45, 7) is 7.62. The fourth-order valence-electron chi connectivity index (χ4n) is 1.62. The van der Waals surface area contributed by atoms with Crippen molar-refractivity contribution in [3.8, 4) is 0 Å². The molecule has 0 N–H and O–H groups in total. The van der Waals surface area contributed by atoms with Gasteiger partial charge in [-0.05, 0) is 39.8 Å².